The summed E-state index contributed by atoms with van der Waals surface area (Å²) in [6.07, 6.45) is 4.73. The first kappa shape index (κ1) is 11.1. The number of hydrogen-bond donors (Lipinski definition) is 2. The van der Waals surface area contributed by atoms with Gasteiger partial charge in [0.15, 0.2) is 5.82 Å². The number of nitrogen functional groups attached to an aromatic ring is 2. The van der Waals surface area contributed by atoms with Gasteiger partial charge in [0.25, 0.3) is 0 Å². The van der Waals surface area contributed by atoms with Crippen LogP contribution in [0.25, 0.3) is 0 Å². The van der Waals surface area contributed by atoms with Gasteiger partial charge in [0.1, 0.15) is 0 Å². The van der Waals surface area contributed by atoms with E-state index in [0.29, 0.717) is 17.5 Å². The zero-order valence-corrected chi connectivity index (χ0v) is 9.69. The molecule has 0 aromatic carbocycles. The van der Waals surface area contributed by atoms with Crippen molar-refractivity contribution >= 4 is 11.5 Å². The second-order valence-corrected chi connectivity index (χ2v) is 4.51. The summed E-state index contributed by atoms with van der Waals surface area (Å²) in [6.45, 7) is 1.17. The molecule has 0 radical (unpaired) electrons. The molecule has 1 atom stereocenters. The van der Waals surface area contributed by atoms with Crippen LogP contribution in [0.3, 0.4) is 0 Å². The van der Waals surface area contributed by atoms with Crippen molar-refractivity contribution in [3.05, 3.63) is 11.8 Å². The maximum absolute atomic E-state index is 5.72. The summed E-state index contributed by atoms with van der Waals surface area (Å²) in [5.74, 6) is 0.320. The molecule has 16 heavy (non-hydrogen) atoms. The molecule has 88 valence electrons. The maximum Gasteiger partial charge on any atom is 0.169 e. The number of piperidine rings is 1. The second-order valence-electron chi connectivity index (χ2n) is 4.51. The number of aromatic nitrogens is 2. The summed E-state index contributed by atoms with van der Waals surface area (Å²) < 4.78 is 0. The lowest BCUT2D eigenvalue weighted by Crippen LogP contribution is -2.37. The van der Waals surface area contributed by atoms with E-state index in [-0.39, 0.29) is 0 Å². The van der Waals surface area contributed by atoms with Crippen molar-refractivity contribution < 1.29 is 0 Å². The van der Waals surface area contributed by atoms with Gasteiger partial charge in [0, 0.05) is 12.5 Å². The Labute approximate surface area is 95.8 Å². The van der Waals surface area contributed by atoms with Crippen LogP contribution in [0.1, 0.15) is 25.0 Å². The summed E-state index contributed by atoms with van der Waals surface area (Å²) in [7, 11) is 2.16. The average Bonchev–Trinajstić information content (AvgIpc) is 2.27. The van der Waals surface area contributed by atoms with Crippen molar-refractivity contribution in [2.45, 2.75) is 31.7 Å². The zero-order chi connectivity index (χ0) is 11.5. The minimum atomic E-state index is 0.320. The van der Waals surface area contributed by atoms with Crippen molar-refractivity contribution in [1.29, 1.82) is 0 Å². The van der Waals surface area contributed by atoms with Crippen molar-refractivity contribution in [1.82, 2.24) is 15.1 Å². The van der Waals surface area contributed by atoms with Crippen molar-refractivity contribution in [2.24, 2.45) is 0 Å². The van der Waals surface area contributed by atoms with Gasteiger partial charge in [-0.25, -0.2) is 0 Å². The standard InChI is InChI=1S/C11H19N5/c1-16-5-3-2-4-9(16)6-8-7-10(12)11(13)15-14-8/h7,9H,2-6H2,1H3,(H2,12,14)(H2,13,15). The van der Waals surface area contributed by atoms with E-state index in [0.717, 1.165) is 12.1 Å². The highest BCUT2D eigenvalue weighted by molar-refractivity contribution is 5.57. The third-order valence-electron chi connectivity index (χ3n) is 3.27. The van der Waals surface area contributed by atoms with E-state index < -0.39 is 0 Å². The highest BCUT2D eigenvalue weighted by atomic mass is 15.2. The number of likely N-dealkylation sites (N-methyl/N-ethyl adjacent to an activating group) is 1. The van der Waals surface area contributed by atoms with E-state index in [2.05, 4.69) is 22.1 Å². The lowest BCUT2D eigenvalue weighted by atomic mass is 9.98. The zero-order valence-electron chi connectivity index (χ0n) is 9.69. The van der Waals surface area contributed by atoms with E-state index in [9.17, 15) is 0 Å². The van der Waals surface area contributed by atoms with Crippen LogP contribution in [-0.2, 0) is 6.42 Å². The molecule has 1 aliphatic heterocycles. The van der Waals surface area contributed by atoms with E-state index in [1.807, 2.05) is 6.07 Å². The average molecular weight is 221 g/mol. The maximum atomic E-state index is 5.72. The molecule has 5 nitrogen and oxygen atoms in total. The van der Waals surface area contributed by atoms with Gasteiger partial charge < -0.3 is 16.4 Å². The molecule has 0 amide bonds. The number of anilines is 2. The SMILES string of the molecule is CN1CCCCC1Cc1cc(N)c(N)nn1. The molecular weight excluding hydrogens is 202 g/mol. The second kappa shape index (κ2) is 4.65. The van der Waals surface area contributed by atoms with Crippen molar-refractivity contribution in [3.63, 3.8) is 0 Å². The number of nitrogens with two attached hydrogens (primary N) is 2. The van der Waals surface area contributed by atoms with Crippen LogP contribution >= 0.6 is 0 Å². The Balaban J connectivity index is 2.05. The molecule has 2 heterocycles. The Kier molecular flexibility index (Phi) is 3.24. The molecule has 2 rings (SSSR count). The predicted molar refractivity (Wildman–Crippen MR) is 64.8 cm³/mol. The molecule has 1 aromatic rings. The molecule has 1 saturated heterocycles. The molecule has 0 spiro atoms. The van der Waals surface area contributed by atoms with Gasteiger partial charge >= 0.3 is 0 Å². The van der Waals surface area contributed by atoms with E-state index in [1.54, 1.807) is 0 Å². The minimum absolute atomic E-state index is 0.320. The van der Waals surface area contributed by atoms with Crippen LogP contribution < -0.4 is 11.5 Å². The Morgan fingerprint density at radius 3 is 2.88 bits per heavy atom. The summed E-state index contributed by atoms with van der Waals surface area (Å²) >= 11 is 0. The Hall–Kier alpha value is -1.36. The molecular formula is C11H19N5. The number of likely N-dealkylation sites (tertiary alicyclic amines) is 1. The highest BCUT2D eigenvalue weighted by Crippen LogP contribution is 2.19. The van der Waals surface area contributed by atoms with Crippen LogP contribution in [0, 0.1) is 0 Å². The Morgan fingerprint density at radius 2 is 2.19 bits per heavy atom. The molecule has 0 saturated carbocycles. The fraction of sp³-hybridized carbons (Fsp3) is 0.636. The van der Waals surface area contributed by atoms with Crippen LogP contribution in [0.2, 0.25) is 0 Å². The van der Waals surface area contributed by atoms with E-state index in [1.165, 1.54) is 25.8 Å². The molecule has 5 heteroatoms. The van der Waals surface area contributed by atoms with Crippen molar-refractivity contribution in [3.8, 4) is 0 Å². The van der Waals surface area contributed by atoms with Gasteiger partial charge in [-0.1, -0.05) is 6.42 Å². The van der Waals surface area contributed by atoms with Gasteiger partial charge in [0.2, 0.25) is 0 Å². The van der Waals surface area contributed by atoms with Crippen LogP contribution in [0.15, 0.2) is 6.07 Å². The number of nitrogens with zero attached hydrogens (tertiary/aromatic N) is 3. The van der Waals surface area contributed by atoms with Gasteiger partial charge in [-0.2, -0.15) is 5.10 Å². The normalized spacial score (nSPS) is 22.2. The van der Waals surface area contributed by atoms with Crippen molar-refractivity contribution in [2.75, 3.05) is 25.1 Å². The molecule has 1 unspecified atom stereocenters. The lowest BCUT2D eigenvalue weighted by Gasteiger charge is -2.32. The predicted octanol–water partition coefficient (Wildman–Crippen LogP) is 0.668. The topological polar surface area (TPSA) is 81.1 Å². The van der Waals surface area contributed by atoms with Gasteiger partial charge in [-0.3, -0.25) is 0 Å². The first-order chi connectivity index (χ1) is 7.66. The Morgan fingerprint density at radius 1 is 1.38 bits per heavy atom. The first-order valence-electron chi connectivity index (χ1n) is 5.74. The number of hydrogen-bond acceptors (Lipinski definition) is 5. The fourth-order valence-electron chi connectivity index (χ4n) is 2.20. The van der Waals surface area contributed by atoms with Gasteiger partial charge in [0.05, 0.1) is 11.4 Å². The van der Waals surface area contributed by atoms with Crippen LogP contribution in [0.4, 0.5) is 11.5 Å². The third-order valence-corrected chi connectivity index (χ3v) is 3.27. The van der Waals surface area contributed by atoms with E-state index >= 15 is 0 Å². The molecule has 4 N–H and O–H groups in total. The minimum Gasteiger partial charge on any atom is -0.396 e. The Bertz CT molecular complexity index is 365. The third kappa shape index (κ3) is 2.41. The first-order valence-corrected chi connectivity index (χ1v) is 5.74. The summed E-state index contributed by atoms with van der Waals surface area (Å²) in [5.41, 5.74) is 12.7. The van der Waals surface area contributed by atoms with Gasteiger partial charge in [-0.15, -0.1) is 5.10 Å². The summed E-state index contributed by atoms with van der Waals surface area (Å²) in [4.78, 5) is 2.39. The highest BCUT2D eigenvalue weighted by Gasteiger charge is 2.19. The van der Waals surface area contributed by atoms with E-state index in [4.69, 9.17) is 11.5 Å². The monoisotopic (exact) mass is 221 g/mol. The fourth-order valence-corrected chi connectivity index (χ4v) is 2.20. The number of rotatable bonds is 2. The summed E-state index contributed by atoms with van der Waals surface area (Å²) in [5, 5.41) is 7.94. The van der Waals surface area contributed by atoms with Gasteiger partial charge in [-0.05, 0) is 32.5 Å². The summed E-state index contributed by atoms with van der Waals surface area (Å²) in [6, 6.07) is 2.40. The largest absolute Gasteiger partial charge is 0.396 e. The van der Waals surface area contributed by atoms with Crippen LogP contribution in [-0.4, -0.2) is 34.7 Å². The quantitative estimate of drug-likeness (QED) is 0.767. The molecule has 1 fully saturated rings. The lowest BCUT2D eigenvalue weighted by molar-refractivity contribution is 0.183. The molecule has 0 aliphatic carbocycles. The van der Waals surface area contributed by atoms with Crippen LogP contribution in [0.5, 0.6) is 0 Å². The smallest absolute Gasteiger partial charge is 0.169 e. The molecule has 0 bridgehead atoms. The molecule has 1 aliphatic rings. The molecule has 1 aromatic heterocycles.